The van der Waals surface area contributed by atoms with Crippen molar-refractivity contribution in [3.05, 3.63) is 30.3 Å². The number of alkyl halides is 1. The first-order valence-corrected chi connectivity index (χ1v) is 4.98. The number of hydrazine groups is 1. The summed E-state index contributed by atoms with van der Waals surface area (Å²) in [6.45, 7) is 1.63. The summed E-state index contributed by atoms with van der Waals surface area (Å²) in [6, 6.07) is 0. The first kappa shape index (κ1) is 15.9. The van der Waals surface area contributed by atoms with E-state index < -0.39 is 27.3 Å². The Kier molecular flexibility index (Phi) is 5.33. The fourth-order valence-corrected chi connectivity index (χ4v) is 1.04. The minimum Gasteiger partial charge on any atom is -0.256 e. The fraction of sp³-hybridized carbons (Fsp3) is 1.00. The average Bonchev–Trinajstić information content (AvgIpc) is 2.22. The summed E-state index contributed by atoms with van der Waals surface area (Å²) >= 11 is 0. The van der Waals surface area contributed by atoms with Crippen LogP contribution in [0, 0.1) is 36.3 Å². The molecule has 0 bridgehead atoms. The number of nitrogens with zero attached hydrogens (tertiary/aromatic N) is 4. The molecule has 0 aliphatic rings. The van der Waals surface area contributed by atoms with Crippen LogP contribution in [-0.2, 0) is 0 Å². The second-order valence-corrected chi connectivity index (χ2v) is 4.04. The molecule has 0 rings (SSSR count). The minimum absolute atomic E-state index is 0.0349. The van der Waals surface area contributed by atoms with E-state index in [1.807, 2.05) is 0 Å². The van der Waals surface area contributed by atoms with Crippen molar-refractivity contribution >= 4 is 0 Å². The molecule has 0 spiro atoms. The summed E-state index contributed by atoms with van der Waals surface area (Å²) in [5.41, 5.74) is 0. The summed E-state index contributed by atoms with van der Waals surface area (Å²) < 4.78 is 13.4. The van der Waals surface area contributed by atoms with Gasteiger partial charge in [-0.25, -0.2) is 10.1 Å². The number of rotatable bonds is 8. The lowest BCUT2D eigenvalue weighted by Gasteiger charge is -2.16. The molecule has 0 saturated carbocycles. The van der Waals surface area contributed by atoms with Crippen molar-refractivity contribution in [1.82, 2.24) is 5.01 Å². The van der Waals surface area contributed by atoms with Crippen LogP contribution in [0.15, 0.2) is 0 Å². The molecule has 0 heterocycles. The van der Waals surface area contributed by atoms with Gasteiger partial charge in [0.05, 0.1) is 6.54 Å². The monoisotopic (exact) mass is 268 g/mol. The molecule has 0 unspecified atom stereocenters. The van der Waals surface area contributed by atoms with Crippen LogP contribution in [-0.4, -0.2) is 38.9 Å². The molecule has 0 fully saturated rings. The second-order valence-electron chi connectivity index (χ2n) is 4.04. The zero-order chi connectivity index (χ0) is 14.5. The zero-order valence-electron chi connectivity index (χ0n) is 9.81. The Morgan fingerprint density at radius 3 is 1.89 bits per heavy atom. The first-order chi connectivity index (χ1) is 8.11. The van der Waals surface area contributed by atoms with Gasteiger partial charge >= 0.3 is 5.92 Å². The van der Waals surface area contributed by atoms with Crippen molar-refractivity contribution in [2.75, 3.05) is 13.1 Å². The van der Waals surface area contributed by atoms with Crippen LogP contribution in [0.25, 0.3) is 0 Å². The van der Waals surface area contributed by atoms with E-state index in [1.54, 1.807) is 13.8 Å². The summed E-state index contributed by atoms with van der Waals surface area (Å²) in [7, 11) is 0. The van der Waals surface area contributed by atoms with Crippen molar-refractivity contribution in [2.45, 2.75) is 26.2 Å². The summed E-state index contributed by atoms with van der Waals surface area (Å²) in [5.74, 6) is -4.04. The Morgan fingerprint density at radius 1 is 1.17 bits per heavy atom. The van der Waals surface area contributed by atoms with Crippen molar-refractivity contribution in [1.29, 1.82) is 0 Å². The molecule has 0 aromatic heterocycles. The van der Waals surface area contributed by atoms with Crippen molar-refractivity contribution in [2.24, 2.45) is 5.92 Å². The largest absolute Gasteiger partial charge is 0.637 e. The van der Waals surface area contributed by atoms with Gasteiger partial charge < -0.3 is 0 Å². The van der Waals surface area contributed by atoms with Gasteiger partial charge in [0.1, 0.15) is 9.85 Å². The first-order valence-electron chi connectivity index (χ1n) is 4.98. The minimum atomic E-state index is -4.08. The molecular formula is C7H13FN4O6. The van der Waals surface area contributed by atoms with Gasteiger partial charge in [-0.3, -0.25) is 20.2 Å². The van der Waals surface area contributed by atoms with Crippen molar-refractivity contribution in [3.8, 4) is 0 Å². The molecule has 11 heteroatoms. The maximum atomic E-state index is 13.4. The smallest absolute Gasteiger partial charge is 0.256 e. The Bertz CT molecular complexity index is 335. The highest BCUT2D eigenvalue weighted by Gasteiger charge is 2.61. The number of nitro groups is 3. The Balaban J connectivity index is 4.89. The van der Waals surface area contributed by atoms with Gasteiger partial charge in [-0.1, -0.05) is 18.2 Å². The van der Waals surface area contributed by atoms with E-state index in [2.05, 4.69) is 0 Å². The normalized spacial score (nSPS) is 11.3. The van der Waals surface area contributed by atoms with Crippen LogP contribution in [0.2, 0.25) is 0 Å². The number of halogens is 1. The van der Waals surface area contributed by atoms with Crippen LogP contribution in [0.1, 0.15) is 20.3 Å². The molecule has 0 N–H and O–H groups in total. The predicted molar refractivity (Wildman–Crippen MR) is 55.9 cm³/mol. The summed E-state index contributed by atoms with van der Waals surface area (Å²) in [4.78, 5) is 27.6. The van der Waals surface area contributed by atoms with Crippen LogP contribution in [0.4, 0.5) is 4.39 Å². The van der Waals surface area contributed by atoms with Crippen LogP contribution >= 0.6 is 0 Å². The standard InChI is InChI=1S/C7H13FN4O6/c1-6(2)3-4-9(12(17)18)5-7(8,10(13)14)11(15)16/h6H,3-5H2,1-2H3. The maximum absolute atomic E-state index is 13.4. The quantitative estimate of drug-likeness (QED) is 0.274. The van der Waals surface area contributed by atoms with Gasteiger partial charge in [0, 0.05) is 0 Å². The Morgan fingerprint density at radius 2 is 1.61 bits per heavy atom. The summed E-state index contributed by atoms with van der Waals surface area (Å²) in [6.07, 6.45) is 0.256. The average molecular weight is 268 g/mol. The van der Waals surface area contributed by atoms with E-state index in [1.165, 1.54) is 0 Å². The molecule has 0 radical (unpaired) electrons. The van der Waals surface area contributed by atoms with Gasteiger partial charge in [-0.2, -0.15) is 0 Å². The highest BCUT2D eigenvalue weighted by molar-refractivity contribution is 4.58. The van der Waals surface area contributed by atoms with E-state index in [9.17, 15) is 34.7 Å². The fourth-order valence-electron chi connectivity index (χ4n) is 1.04. The molecule has 0 aromatic rings. The van der Waals surface area contributed by atoms with Crippen molar-refractivity contribution < 1.29 is 19.3 Å². The van der Waals surface area contributed by atoms with Crippen LogP contribution < -0.4 is 0 Å². The molecule has 0 amide bonds. The highest BCUT2D eigenvalue weighted by Crippen LogP contribution is 2.16. The zero-order valence-corrected chi connectivity index (χ0v) is 9.81. The topological polar surface area (TPSA) is 133 Å². The molecule has 104 valence electrons. The third-order valence-electron chi connectivity index (χ3n) is 2.14. The van der Waals surface area contributed by atoms with Crippen LogP contribution in [0.3, 0.4) is 0 Å². The summed E-state index contributed by atoms with van der Waals surface area (Å²) in [5, 5.41) is 30.2. The molecular weight excluding hydrogens is 255 g/mol. The predicted octanol–water partition coefficient (Wildman–Crippen LogP) is 0.703. The lowest BCUT2D eigenvalue weighted by atomic mass is 10.1. The Labute approximate surface area is 101 Å². The van der Waals surface area contributed by atoms with Gasteiger partial charge in [0.2, 0.25) is 0 Å². The lowest BCUT2D eigenvalue weighted by molar-refractivity contribution is -0.841. The van der Waals surface area contributed by atoms with Gasteiger partial charge in [0.15, 0.2) is 5.03 Å². The van der Waals surface area contributed by atoms with E-state index in [0.717, 1.165) is 0 Å². The molecule has 0 atom stereocenters. The van der Waals surface area contributed by atoms with Gasteiger partial charge in [-0.05, 0) is 12.3 Å². The SMILES string of the molecule is CC(C)CCN(CC(F)([N+](=O)[O-])[N+](=O)[O-])[N+](=O)[O-]. The van der Waals surface area contributed by atoms with E-state index in [4.69, 9.17) is 0 Å². The molecule has 0 aromatic carbocycles. The third-order valence-corrected chi connectivity index (χ3v) is 2.14. The number of hydrogen-bond acceptors (Lipinski definition) is 6. The number of hydrogen-bond donors (Lipinski definition) is 0. The van der Waals surface area contributed by atoms with Crippen molar-refractivity contribution in [3.63, 3.8) is 0 Å². The maximum Gasteiger partial charge on any atom is 0.637 e. The molecule has 0 aliphatic heterocycles. The lowest BCUT2D eigenvalue weighted by Crippen LogP contribution is -2.53. The highest BCUT2D eigenvalue weighted by atomic mass is 19.2. The second kappa shape index (κ2) is 6.02. The van der Waals surface area contributed by atoms with E-state index in [0.29, 0.717) is 0 Å². The molecule has 0 saturated heterocycles. The molecule has 18 heavy (non-hydrogen) atoms. The van der Waals surface area contributed by atoms with Gasteiger partial charge in [0.25, 0.3) is 6.54 Å². The molecule has 10 nitrogen and oxygen atoms in total. The van der Waals surface area contributed by atoms with Crippen LogP contribution in [0.5, 0.6) is 0 Å². The third kappa shape index (κ3) is 4.07. The van der Waals surface area contributed by atoms with Gasteiger partial charge in [-0.15, -0.1) is 5.01 Å². The van der Waals surface area contributed by atoms with E-state index in [-0.39, 0.29) is 23.9 Å². The Hall–Kier alpha value is -2.07. The van der Waals surface area contributed by atoms with E-state index >= 15 is 0 Å². The molecule has 0 aliphatic carbocycles.